The Morgan fingerprint density at radius 3 is 2.57 bits per heavy atom. The molecular weight excluding hydrogens is 687 g/mol. The van der Waals surface area contributed by atoms with Crippen molar-refractivity contribution in [3.63, 3.8) is 0 Å². The number of methoxy groups -OCH3 is 1. The second-order valence-corrected chi connectivity index (χ2v) is 14.0. The molecule has 2 N–H and O–H groups in total. The summed E-state index contributed by atoms with van der Waals surface area (Å²) in [7, 11) is 1.15. The summed E-state index contributed by atoms with van der Waals surface area (Å²) in [6.45, 7) is 0. The van der Waals surface area contributed by atoms with Crippen molar-refractivity contribution in [3.05, 3.63) is 110 Å². The third-order valence-electron chi connectivity index (χ3n) is 7.89. The maximum absolute atomic E-state index is 13.0. The van der Waals surface area contributed by atoms with Crippen LogP contribution in [0.2, 0.25) is 0 Å². The van der Waals surface area contributed by atoms with Gasteiger partial charge in [-0.15, -0.1) is 0 Å². The number of carbonyl (C=O) groups is 1. The molecule has 0 saturated carbocycles. The average Bonchev–Trinajstić information content (AvgIpc) is 3.52. The van der Waals surface area contributed by atoms with E-state index in [1.807, 2.05) is 42.5 Å². The van der Waals surface area contributed by atoms with Crippen molar-refractivity contribution in [2.24, 2.45) is 0 Å². The Morgan fingerprint density at radius 2 is 1.90 bits per heavy atom. The zero-order chi connectivity index (χ0) is 30.1. The Balaban J connectivity index is 1.61. The zero-order valence-electron chi connectivity index (χ0n) is 23.4. The number of rotatable bonds is 10. The molecule has 0 radical (unpaired) electrons. The number of hydrogen-bond donors (Lipinski definition) is 2. The number of H-pyrrole nitrogens is 1. The molecular formula is C30H31Br2N4O5P. The molecule has 0 bridgehead atoms. The van der Waals surface area contributed by atoms with Crippen molar-refractivity contribution in [2.45, 2.75) is 30.8 Å². The third-order valence-corrected chi connectivity index (χ3v) is 10.5. The van der Waals surface area contributed by atoms with Gasteiger partial charge in [0, 0.05) is 50.0 Å². The highest BCUT2D eigenvalue weighted by molar-refractivity contribution is 9.10. The summed E-state index contributed by atoms with van der Waals surface area (Å²) in [4.78, 5) is 36.3. The predicted octanol–water partition coefficient (Wildman–Crippen LogP) is 6.53. The molecule has 1 aliphatic heterocycles. The van der Waals surface area contributed by atoms with Crippen LogP contribution in [0.4, 0.5) is 5.69 Å². The number of aromatic amines is 1. The maximum Gasteiger partial charge on any atom is 0.327 e. The quantitative estimate of drug-likeness (QED) is 0.142. The smallest absolute Gasteiger partial charge is 0.327 e. The highest BCUT2D eigenvalue weighted by atomic mass is 79.9. The number of ether oxygens (including phenoxy) is 1. The van der Waals surface area contributed by atoms with E-state index in [1.165, 1.54) is 7.11 Å². The number of hydrogen-bond acceptors (Lipinski definition) is 6. The molecule has 5 rings (SSSR count). The van der Waals surface area contributed by atoms with E-state index in [9.17, 15) is 14.3 Å². The number of halogens is 2. The van der Waals surface area contributed by atoms with Crippen LogP contribution in [0.25, 0.3) is 0 Å². The van der Waals surface area contributed by atoms with Crippen LogP contribution < -0.4 is 4.90 Å². The second-order valence-electron chi connectivity index (χ2n) is 10.2. The molecule has 2 aromatic carbocycles. The van der Waals surface area contributed by atoms with E-state index in [-0.39, 0.29) is 18.0 Å². The first-order valence-electron chi connectivity index (χ1n) is 13.3. The normalized spacial score (nSPS) is 17.9. The van der Waals surface area contributed by atoms with Gasteiger partial charge < -0.3 is 24.0 Å². The fraction of sp³-hybridized carbons (Fsp3) is 0.300. The molecule has 42 heavy (non-hydrogen) atoms. The fourth-order valence-electron chi connectivity index (χ4n) is 5.65. The Kier molecular flexibility index (Phi) is 9.18. The van der Waals surface area contributed by atoms with Gasteiger partial charge in [-0.3, -0.25) is 9.36 Å². The number of nitrogens with one attached hydrogen (secondary N) is 1. The number of aromatic nitrogens is 3. The minimum Gasteiger partial charge on any atom is -0.362 e. The number of imidazole rings is 1. The van der Waals surface area contributed by atoms with Crippen LogP contribution in [0.1, 0.15) is 52.3 Å². The molecule has 2 aromatic heterocycles. The molecule has 0 saturated heterocycles. The molecule has 3 heterocycles. The summed E-state index contributed by atoms with van der Waals surface area (Å²) in [6.07, 6.45) is 6.62. The van der Waals surface area contributed by atoms with Gasteiger partial charge in [0.25, 0.3) is 0 Å². The minimum absolute atomic E-state index is 0.0438. The third kappa shape index (κ3) is 5.91. The Bertz CT molecular complexity index is 1650. The van der Waals surface area contributed by atoms with E-state index in [4.69, 9.17) is 9.26 Å². The van der Waals surface area contributed by atoms with Gasteiger partial charge in [0.2, 0.25) is 5.91 Å². The van der Waals surface area contributed by atoms with Crippen LogP contribution in [0.3, 0.4) is 0 Å². The van der Waals surface area contributed by atoms with Crippen LogP contribution in [0, 0.1) is 0 Å². The number of carbonyl (C=O) groups excluding carboxylic acids is 1. The van der Waals surface area contributed by atoms with Gasteiger partial charge in [-0.2, -0.15) is 0 Å². The highest BCUT2D eigenvalue weighted by Gasteiger charge is 2.40. The van der Waals surface area contributed by atoms with Crippen LogP contribution in [0.5, 0.6) is 0 Å². The zero-order valence-corrected chi connectivity index (χ0v) is 27.4. The molecule has 220 valence electrons. The van der Waals surface area contributed by atoms with Gasteiger partial charge in [-0.05, 0) is 86.9 Å². The number of pyridine rings is 1. The van der Waals surface area contributed by atoms with Crippen molar-refractivity contribution in [1.29, 1.82) is 0 Å². The summed E-state index contributed by atoms with van der Waals surface area (Å²) in [5, 5.41) is 0. The lowest BCUT2D eigenvalue weighted by molar-refractivity contribution is -0.118. The number of amides is 1. The molecule has 3 atom stereocenters. The first kappa shape index (κ1) is 30.8. The van der Waals surface area contributed by atoms with Crippen molar-refractivity contribution in [3.8, 4) is 0 Å². The van der Waals surface area contributed by atoms with Crippen molar-refractivity contribution >= 4 is 51.1 Å². The summed E-state index contributed by atoms with van der Waals surface area (Å²) < 4.78 is 24.6. The van der Waals surface area contributed by atoms with E-state index in [0.29, 0.717) is 23.9 Å². The summed E-state index contributed by atoms with van der Waals surface area (Å²) in [6, 6.07) is 16.0. The average molecular weight is 718 g/mol. The Hall–Kier alpha value is -2.66. The molecule has 0 spiro atoms. The highest BCUT2D eigenvalue weighted by Crippen LogP contribution is 2.46. The van der Waals surface area contributed by atoms with Crippen LogP contribution in [-0.2, 0) is 30.6 Å². The van der Waals surface area contributed by atoms with Crippen LogP contribution in [-0.4, -0.2) is 53.2 Å². The molecule has 12 heteroatoms. The van der Waals surface area contributed by atoms with Gasteiger partial charge in [0.1, 0.15) is 4.60 Å². The van der Waals surface area contributed by atoms with Gasteiger partial charge in [0.15, 0.2) is 5.60 Å². The molecule has 1 aliphatic rings. The summed E-state index contributed by atoms with van der Waals surface area (Å²) in [5.41, 5.74) is 5.27. The topological polar surface area (TPSA) is 118 Å². The van der Waals surface area contributed by atoms with E-state index >= 15 is 0 Å². The Morgan fingerprint density at radius 1 is 1.14 bits per heavy atom. The number of nitrogens with zero attached hydrogens (tertiary/aromatic N) is 3. The number of fused-ring (bicyclic) bond motifs is 1. The lowest BCUT2D eigenvalue weighted by Gasteiger charge is -2.36. The predicted molar refractivity (Wildman–Crippen MR) is 168 cm³/mol. The second kappa shape index (κ2) is 12.5. The van der Waals surface area contributed by atoms with Crippen molar-refractivity contribution < 1.29 is 23.5 Å². The molecule has 9 nitrogen and oxygen atoms in total. The van der Waals surface area contributed by atoms with Gasteiger partial charge in [0.05, 0.1) is 24.4 Å². The Labute approximate surface area is 261 Å². The monoisotopic (exact) mass is 716 g/mol. The summed E-state index contributed by atoms with van der Waals surface area (Å²) in [5.74, 6) is -0.120. The van der Waals surface area contributed by atoms with Crippen LogP contribution in [0.15, 0.2) is 76.3 Å². The first-order chi connectivity index (χ1) is 20.1. The number of anilines is 1. The van der Waals surface area contributed by atoms with Gasteiger partial charge >= 0.3 is 7.60 Å². The number of aryl methyl sites for hydroxylation is 1. The maximum atomic E-state index is 13.0. The van der Waals surface area contributed by atoms with E-state index in [1.54, 1.807) is 37.8 Å². The fourth-order valence-corrected chi connectivity index (χ4v) is 7.35. The van der Waals surface area contributed by atoms with Crippen molar-refractivity contribution in [1.82, 2.24) is 15.0 Å². The molecule has 0 fully saturated rings. The van der Waals surface area contributed by atoms with Crippen LogP contribution >= 0.6 is 39.5 Å². The van der Waals surface area contributed by atoms with E-state index < -0.39 is 13.2 Å². The van der Waals surface area contributed by atoms with E-state index in [0.717, 1.165) is 43.7 Å². The molecule has 1 amide bonds. The van der Waals surface area contributed by atoms with Gasteiger partial charge in [-0.25, -0.2) is 9.97 Å². The lowest BCUT2D eigenvalue weighted by atomic mass is 9.78. The largest absolute Gasteiger partial charge is 0.362 e. The standard InChI is InChI=1S/C30H31Br2N4O5P/c1-36-26-9-8-21(14-24(26)23(16-29(36)37)20-10-11-34-28(32)13-20)30(40-2,27-17-33-18-35-27)22-7-6-19(25(31)15-22)5-4-12-42(38,39)41-3/h6-11,13-15,17-18,23H,4-5,12,16H2,1-3H3,(H,33,35)(H,38,39). The minimum atomic E-state index is -3.57. The lowest BCUT2D eigenvalue weighted by Crippen LogP contribution is -2.35. The molecule has 0 aliphatic carbocycles. The first-order valence-corrected chi connectivity index (χ1v) is 16.7. The number of benzene rings is 2. The van der Waals surface area contributed by atoms with Crippen molar-refractivity contribution in [2.75, 3.05) is 32.3 Å². The molecule has 4 aromatic rings. The molecule has 3 unspecified atom stereocenters. The summed E-state index contributed by atoms with van der Waals surface area (Å²) >= 11 is 7.20. The van der Waals surface area contributed by atoms with Gasteiger partial charge in [-0.1, -0.05) is 34.1 Å². The SMILES string of the molecule is COC(c1ccc(CCCP(=O)(O)OC)c(Br)c1)(c1ccc2c(c1)C(c1ccnc(Br)c1)CC(=O)N2C)c1cnc[nH]1. The van der Waals surface area contributed by atoms with E-state index in [2.05, 4.69) is 52.9 Å².